The third-order valence-electron chi connectivity index (χ3n) is 2.72. The summed E-state index contributed by atoms with van der Waals surface area (Å²) in [7, 11) is 0. The van der Waals surface area contributed by atoms with Crippen LogP contribution in [0.4, 0.5) is 0 Å². The Balaban J connectivity index is 2.21. The zero-order valence-electron chi connectivity index (χ0n) is 9.54. The van der Waals surface area contributed by atoms with E-state index in [1.165, 1.54) is 38.5 Å². The van der Waals surface area contributed by atoms with Gasteiger partial charge in [-0.15, -0.1) is 0 Å². The molecule has 0 unspecified atom stereocenters. The molecule has 2 heteroatoms. The number of esters is 1. The molecule has 0 saturated carbocycles. The zero-order chi connectivity index (χ0) is 10.8. The molecule has 0 aromatic heterocycles. The number of carbonyl (C=O) groups is 1. The van der Waals surface area contributed by atoms with E-state index in [1.54, 1.807) is 0 Å². The molecule has 0 aromatic rings. The largest absolute Gasteiger partial charge is 0.465 e. The molecule has 86 valence electrons. The Bertz CT molecular complexity index is 197. The summed E-state index contributed by atoms with van der Waals surface area (Å²) >= 11 is 0. The van der Waals surface area contributed by atoms with Crippen molar-refractivity contribution in [2.45, 2.75) is 57.8 Å². The van der Waals surface area contributed by atoms with Crippen LogP contribution in [0.25, 0.3) is 0 Å². The lowest BCUT2D eigenvalue weighted by molar-refractivity contribution is -0.143. The van der Waals surface area contributed by atoms with Gasteiger partial charge in [-0.3, -0.25) is 4.79 Å². The van der Waals surface area contributed by atoms with E-state index in [1.807, 2.05) is 0 Å². The molecular formula is C13H22O2. The van der Waals surface area contributed by atoms with Crippen molar-refractivity contribution in [1.29, 1.82) is 0 Å². The van der Waals surface area contributed by atoms with Crippen molar-refractivity contribution < 1.29 is 9.53 Å². The lowest BCUT2D eigenvalue weighted by Gasteiger charge is -2.04. The fourth-order valence-corrected chi connectivity index (χ4v) is 1.79. The minimum absolute atomic E-state index is 0.0274. The Morgan fingerprint density at radius 1 is 0.867 bits per heavy atom. The Morgan fingerprint density at radius 2 is 1.53 bits per heavy atom. The lowest BCUT2D eigenvalue weighted by Crippen LogP contribution is -2.05. The number of hydrogen-bond donors (Lipinski definition) is 0. The molecule has 1 heterocycles. The second-order valence-electron chi connectivity index (χ2n) is 4.14. The smallest absolute Gasteiger partial charge is 0.305 e. The molecule has 0 fully saturated rings. The second kappa shape index (κ2) is 8.51. The van der Waals surface area contributed by atoms with Gasteiger partial charge in [0.1, 0.15) is 0 Å². The minimum atomic E-state index is -0.0274. The van der Waals surface area contributed by atoms with E-state index >= 15 is 0 Å². The van der Waals surface area contributed by atoms with Gasteiger partial charge in [0.05, 0.1) is 6.61 Å². The van der Waals surface area contributed by atoms with E-state index in [0.29, 0.717) is 13.0 Å². The molecule has 0 spiro atoms. The second-order valence-corrected chi connectivity index (χ2v) is 4.14. The first-order valence-electron chi connectivity index (χ1n) is 6.20. The van der Waals surface area contributed by atoms with Crippen LogP contribution in [-0.2, 0) is 9.53 Å². The van der Waals surface area contributed by atoms with Gasteiger partial charge in [0.15, 0.2) is 0 Å². The third kappa shape index (κ3) is 7.18. The number of hydrogen-bond acceptors (Lipinski definition) is 2. The fraction of sp³-hybridized carbons (Fsp3) is 0.769. The molecule has 0 N–H and O–H groups in total. The maximum Gasteiger partial charge on any atom is 0.305 e. The Kier molecular flexibility index (Phi) is 6.97. The zero-order valence-corrected chi connectivity index (χ0v) is 9.54. The molecule has 0 bridgehead atoms. The van der Waals surface area contributed by atoms with Crippen molar-refractivity contribution in [3.8, 4) is 0 Å². The standard InChI is InChI=1S/C13H22O2/c14-13-11-9-7-5-3-1-2-4-6-8-10-12-15-13/h6,8H,1-5,7,9-12H2/b8-6-. The van der Waals surface area contributed by atoms with Crippen molar-refractivity contribution in [3.05, 3.63) is 12.2 Å². The van der Waals surface area contributed by atoms with Crippen LogP contribution in [-0.4, -0.2) is 12.6 Å². The molecule has 15 heavy (non-hydrogen) atoms. The van der Waals surface area contributed by atoms with Gasteiger partial charge in [-0.1, -0.05) is 37.8 Å². The molecule has 2 nitrogen and oxygen atoms in total. The average molecular weight is 210 g/mol. The molecule has 0 atom stereocenters. The predicted octanol–water partition coefficient (Wildman–Crippen LogP) is 3.61. The minimum Gasteiger partial charge on any atom is -0.465 e. The Hall–Kier alpha value is -0.790. The van der Waals surface area contributed by atoms with Crippen molar-refractivity contribution >= 4 is 5.97 Å². The summed E-state index contributed by atoms with van der Waals surface area (Å²) in [4.78, 5) is 11.2. The van der Waals surface area contributed by atoms with Gasteiger partial charge in [0.25, 0.3) is 0 Å². The van der Waals surface area contributed by atoms with Crippen molar-refractivity contribution in [2.75, 3.05) is 6.61 Å². The normalized spacial score (nSPS) is 23.9. The van der Waals surface area contributed by atoms with Gasteiger partial charge in [0, 0.05) is 6.42 Å². The van der Waals surface area contributed by atoms with Gasteiger partial charge in [0.2, 0.25) is 0 Å². The van der Waals surface area contributed by atoms with Crippen LogP contribution in [0.1, 0.15) is 57.8 Å². The fourth-order valence-electron chi connectivity index (χ4n) is 1.79. The third-order valence-corrected chi connectivity index (χ3v) is 2.72. The number of allylic oxidation sites excluding steroid dienone is 1. The van der Waals surface area contributed by atoms with E-state index in [9.17, 15) is 4.79 Å². The molecule has 0 saturated heterocycles. The summed E-state index contributed by atoms with van der Waals surface area (Å²) in [5.41, 5.74) is 0. The number of carbonyl (C=O) groups excluding carboxylic acids is 1. The van der Waals surface area contributed by atoms with Crippen molar-refractivity contribution in [2.24, 2.45) is 0 Å². The first kappa shape index (κ1) is 12.3. The Morgan fingerprint density at radius 3 is 2.40 bits per heavy atom. The molecular weight excluding hydrogens is 188 g/mol. The van der Waals surface area contributed by atoms with Gasteiger partial charge in [-0.2, -0.15) is 0 Å². The van der Waals surface area contributed by atoms with Crippen LogP contribution in [0, 0.1) is 0 Å². The van der Waals surface area contributed by atoms with Crippen molar-refractivity contribution in [3.63, 3.8) is 0 Å². The Labute approximate surface area is 92.7 Å². The monoisotopic (exact) mass is 210 g/mol. The van der Waals surface area contributed by atoms with E-state index in [2.05, 4.69) is 12.2 Å². The van der Waals surface area contributed by atoms with Gasteiger partial charge < -0.3 is 4.74 Å². The molecule has 1 aliphatic heterocycles. The van der Waals surface area contributed by atoms with Crippen LogP contribution < -0.4 is 0 Å². The average Bonchev–Trinajstić information content (AvgIpc) is 2.24. The number of ether oxygens (including phenoxy) is 1. The highest BCUT2D eigenvalue weighted by Crippen LogP contribution is 2.10. The van der Waals surface area contributed by atoms with Crippen LogP contribution >= 0.6 is 0 Å². The first-order valence-corrected chi connectivity index (χ1v) is 6.20. The van der Waals surface area contributed by atoms with E-state index in [0.717, 1.165) is 12.8 Å². The SMILES string of the molecule is O=C1CCCCCCCC/C=C\CCO1. The molecule has 0 radical (unpaired) electrons. The van der Waals surface area contributed by atoms with Crippen LogP contribution in [0.2, 0.25) is 0 Å². The topological polar surface area (TPSA) is 26.3 Å². The molecule has 0 aliphatic carbocycles. The molecule has 1 aliphatic rings. The summed E-state index contributed by atoms with van der Waals surface area (Å²) in [6, 6.07) is 0. The van der Waals surface area contributed by atoms with E-state index in [-0.39, 0.29) is 5.97 Å². The summed E-state index contributed by atoms with van der Waals surface area (Å²) < 4.78 is 5.10. The summed E-state index contributed by atoms with van der Waals surface area (Å²) in [6.45, 7) is 0.551. The highest BCUT2D eigenvalue weighted by Gasteiger charge is 2.01. The van der Waals surface area contributed by atoms with Crippen LogP contribution in [0.15, 0.2) is 12.2 Å². The van der Waals surface area contributed by atoms with Gasteiger partial charge >= 0.3 is 5.97 Å². The summed E-state index contributed by atoms with van der Waals surface area (Å²) in [5, 5.41) is 0. The van der Waals surface area contributed by atoms with E-state index in [4.69, 9.17) is 4.74 Å². The summed E-state index contributed by atoms with van der Waals surface area (Å²) in [6.07, 6.45) is 14.3. The highest BCUT2D eigenvalue weighted by atomic mass is 16.5. The van der Waals surface area contributed by atoms with Crippen LogP contribution in [0.5, 0.6) is 0 Å². The lowest BCUT2D eigenvalue weighted by atomic mass is 10.1. The van der Waals surface area contributed by atoms with E-state index < -0.39 is 0 Å². The van der Waals surface area contributed by atoms with Gasteiger partial charge in [-0.05, 0) is 25.7 Å². The highest BCUT2D eigenvalue weighted by molar-refractivity contribution is 5.69. The maximum atomic E-state index is 11.2. The molecule has 1 rings (SSSR count). The quantitative estimate of drug-likeness (QED) is 0.451. The number of cyclic esters (lactones) is 1. The number of rotatable bonds is 0. The summed E-state index contributed by atoms with van der Waals surface area (Å²) in [5.74, 6) is -0.0274. The van der Waals surface area contributed by atoms with Gasteiger partial charge in [-0.25, -0.2) is 0 Å². The predicted molar refractivity (Wildman–Crippen MR) is 61.7 cm³/mol. The van der Waals surface area contributed by atoms with Crippen molar-refractivity contribution in [1.82, 2.24) is 0 Å². The molecule has 0 aromatic carbocycles. The van der Waals surface area contributed by atoms with Crippen LogP contribution in [0.3, 0.4) is 0 Å². The first-order chi connectivity index (χ1) is 7.39. The maximum absolute atomic E-state index is 11.2. The molecule has 0 amide bonds.